The van der Waals surface area contributed by atoms with Crippen molar-refractivity contribution >= 4 is 23.4 Å². The summed E-state index contributed by atoms with van der Waals surface area (Å²) < 4.78 is 20.1. The molecule has 1 fully saturated rings. The lowest BCUT2D eigenvalue weighted by Crippen LogP contribution is -2.49. The maximum absolute atomic E-state index is 15.0. The summed E-state index contributed by atoms with van der Waals surface area (Å²) >= 11 is 0. The van der Waals surface area contributed by atoms with E-state index in [0.717, 1.165) is 36.1 Å². The fourth-order valence-electron chi connectivity index (χ4n) is 4.44. The highest BCUT2D eigenvalue weighted by Crippen LogP contribution is 2.32. The molecule has 1 aliphatic carbocycles. The predicted octanol–water partition coefficient (Wildman–Crippen LogP) is 4.29. The number of anilines is 1. The van der Waals surface area contributed by atoms with E-state index >= 15 is 4.39 Å². The molecule has 4 rings (SSSR count). The first-order chi connectivity index (χ1) is 17.0. The molecule has 2 N–H and O–H groups in total. The van der Waals surface area contributed by atoms with Gasteiger partial charge < -0.3 is 15.1 Å². The van der Waals surface area contributed by atoms with Crippen molar-refractivity contribution in [3.05, 3.63) is 89.6 Å². The van der Waals surface area contributed by atoms with Crippen LogP contribution in [0.2, 0.25) is 0 Å². The van der Waals surface area contributed by atoms with E-state index in [1.165, 1.54) is 30.5 Å². The molecular weight excluding hydrogens is 449 g/mol. The van der Waals surface area contributed by atoms with Crippen molar-refractivity contribution in [2.75, 3.05) is 11.4 Å². The van der Waals surface area contributed by atoms with E-state index in [4.69, 9.17) is 4.42 Å². The quantitative estimate of drug-likeness (QED) is 0.506. The summed E-state index contributed by atoms with van der Waals surface area (Å²) in [7, 11) is 0. The van der Waals surface area contributed by atoms with Crippen LogP contribution in [0.1, 0.15) is 53.4 Å². The second kappa shape index (κ2) is 11.0. The molecule has 3 amide bonds. The lowest BCUT2D eigenvalue weighted by molar-refractivity contribution is -0.126. The van der Waals surface area contributed by atoms with E-state index in [1.807, 2.05) is 19.1 Å². The van der Waals surface area contributed by atoms with E-state index < -0.39 is 30.2 Å². The normalized spacial score (nSPS) is 14.3. The number of aryl methyl sites for hydroxylation is 1. The van der Waals surface area contributed by atoms with E-state index in [9.17, 15) is 14.4 Å². The zero-order valence-electron chi connectivity index (χ0n) is 19.5. The fraction of sp³-hybridized carbons (Fsp3) is 0.296. The van der Waals surface area contributed by atoms with Crippen LogP contribution in [0.4, 0.5) is 10.1 Å². The van der Waals surface area contributed by atoms with Crippen LogP contribution in [0.25, 0.3) is 0 Å². The summed E-state index contributed by atoms with van der Waals surface area (Å²) in [6.07, 6.45) is 5.12. The molecule has 3 aromatic rings. The van der Waals surface area contributed by atoms with Crippen LogP contribution in [0.15, 0.2) is 71.3 Å². The minimum Gasteiger partial charge on any atom is -0.459 e. The first-order valence-electron chi connectivity index (χ1n) is 11.7. The summed E-state index contributed by atoms with van der Waals surface area (Å²) in [4.78, 5) is 40.8. The monoisotopic (exact) mass is 477 g/mol. The van der Waals surface area contributed by atoms with E-state index in [2.05, 4.69) is 10.6 Å². The van der Waals surface area contributed by atoms with Crippen LogP contribution in [0.3, 0.4) is 0 Å². The lowest BCUT2D eigenvalue weighted by Gasteiger charge is -2.33. The second-order valence-corrected chi connectivity index (χ2v) is 8.62. The third kappa shape index (κ3) is 5.59. The molecule has 1 saturated carbocycles. The smallest absolute Gasteiger partial charge is 0.287 e. The maximum Gasteiger partial charge on any atom is 0.287 e. The molecule has 1 heterocycles. The van der Waals surface area contributed by atoms with Gasteiger partial charge in [0.2, 0.25) is 11.8 Å². The van der Waals surface area contributed by atoms with Gasteiger partial charge >= 0.3 is 0 Å². The van der Waals surface area contributed by atoms with Crippen molar-refractivity contribution in [1.29, 1.82) is 0 Å². The largest absolute Gasteiger partial charge is 0.459 e. The Morgan fingerprint density at radius 1 is 1.03 bits per heavy atom. The molecule has 8 heteroatoms. The number of para-hydroxylation sites is 1. The number of amides is 3. The summed E-state index contributed by atoms with van der Waals surface area (Å²) in [5.41, 5.74) is 1.32. The second-order valence-electron chi connectivity index (χ2n) is 8.62. The lowest BCUT2D eigenvalue weighted by atomic mass is 9.97. The molecule has 7 nitrogen and oxygen atoms in total. The number of hydrogen-bond acceptors (Lipinski definition) is 4. The van der Waals surface area contributed by atoms with Crippen LogP contribution < -0.4 is 15.5 Å². The van der Waals surface area contributed by atoms with E-state index in [0.29, 0.717) is 5.56 Å². The van der Waals surface area contributed by atoms with Crippen molar-refractivity contribution < 1.29 is 23.2 Å². The minimum atomic E-state index is -1.12. The Labute approximate surface area is 203 Å². The number of nitrogens with zero attached hydrogens (tertiary/aromatic N) is 1. The summed E-state index contributed by atoms with van der Waals surface area (Å²) in [5, 5.41) is 5.57. The number of rotatable bonds is 8. The van der Waals surface area contributed by atoms with Gasteiger partial charge in [-0.15, -0.1) is 0 Å². The molecule has 182 valence electrons. The van der Waals surface area contributed by atoms with Gasteiger partial charge in [-0.2, -0.15) is 0 Å². The highest BCUT2D eigenvalue weighted by Gasteiger charge is 2.36. The Bertz CT molecular complexity index is 1190. The Hall–Kier alpha value is -3.94. The van der Waals surface area contributed by atoms with Crippen molar-refractivity contribution in [3.8, 4) is 0 Å². The summed E-state index contributed by atoms with van der Waals surface area (Å²) in [6, 6.07) is 14.9. The molecule has 1 aromatic heterocycles. The van der Waals surface area contributed by atoms with Crippen LogP contribution in [-0.2, 0) is 9.59 Å². The number of hydrogen-bond donors (Lipinski definition) is 2. The highest BCUT2D eigenvalue weighted by molar-refractivity contribution is 6.04. The molecule has 1 aliphatic rings. The molecule has 1 atom stereocenters. The van der Waals surface area contributed by atoms with Gasteiger partial charge in [0.05, 0.1) is 18.5 Å². The Morgan fingerprint density at radius 2 is 1.74 bits per heavy atom. The molecule has 0 bridgehead atoms. The van der Waals surface area contributed by atoms with Gasteiger partial charge in [-0.3, -0.25) is 19.3 Å². The van der Waals surface area contributed by atoms with Gasteiger partial charge in [-0.25, -0.2) is 4.39 Å². The Morgan fingerprint density at radius 3 is 2.43 bits per heavy atom. The Balaban J connectivity index is 1.71. The SMILES string of the molecule is Cc1ccccc1[C@@H](C(=O)NC1CCCC1)N(C(=O)CNC(=O)c1ccco1)c1ccccc1F. The molecule has 0 radical (unpaired) electrons. The number of furan rings is 1. The van der Waals surface area contributed by atoms with Crippen LogP contribution >= 0.6 is 0 Å². The van der Waals surface area contributed by atoms with E-state index in [1.54, 1.807) is 24.3 Å². The number of carbonyl (C=O) groups excluding carboxylic acids is 3. The average Bonchev–Trinajstić information content (AvgIpc) is 3.57. The van der Waals surface area contributed by atoms with Gasteiger partial charge in [0.1, 0.15) is 11.9 Å². The van der Waals surface area contributed by atoms with Gasteiger partial charge in [0.25, 0.3) is 5.91 Å². The summed E-state index contributed by atoms with van der Waals surface area (Å²) in [6.45, 7) is 1.39. The molecule has 0 aliphatic heterocycles. The van der Waals surface area contributed by atoms with E-state index in [-0.39, 0.29) is 23.4 Å². The number of halogens is 1. The first-order valence-corrected chi connectivity index (χ1v) is 11.7. The molecule has 0 saturated heterocycles. The summed E-state index contributed by atoms with van der Waals surface area (Å²) in [5.74, 6) is -2.21. The first kappa shape index (κ1) is 24.2. The van der Waals surface area contributed by atoms with Crippen molar-refractivity contribution in [1.82, 2.24) is 10.6 Å². The van der Waals surface area contributed by atoms with Crippen LogP contribution in [0.5, 0.6) is 0 Å². The predicted molar refractivity (Wildman–Crippen MR) is 129 cm³/mol. The zero-order valence-corrected chi connectivity index (χ0v) is 19.5. The molecule has 35 heavy (non-hydrogen) atoms. The van der Waals surface area contributed by atoms with Crippen LogP contribution in [-0.4, -0.2) is 30.3 Å². The van der Waals surface area contributed by atoms with Gasteiger partial charge in [-0.1, -0.05) is 49.2 Å². The van der Waals surface area contributed by atoms with Crippen molar-refractivity contribution in [2.45, 2.75) is 44.7 Å². The highest BCUT2D eigenvalue weighted by atomic mass is 19.1. The fourth-order valence-corrected chi connectivity index (χ4v) is 4.44. The molecule has 0 spiro atoms. The van der Waals surface area contributed by atoms with Crippen LogP contribution in [0, 0.1) is 12.7 Å². The van der Waals surface area contributed by atoms with Crippen molar-refractivity contribution in [2.24, 2.45) is 0 Å². The van der Waals surface area contributed by atoms with Gasteiger partial charge in [0, 0.05) is 6.04 Å². The Kier molecular flexibility index (Phi) is 7.60. The molecule has 0 unspecified atom stereocenters. The van der Waals surface area contributed by atoms with Gasteiger partial charge in [0.15, 0.2) is 5.76 Å². The van der Waals surface area contributed by atoms with Crippen molar-refractivity contribution in [3.63, 3.8) is 0 Å². The molecular formula is C27H28FN3O4. The van der Waals surface area contributed by atoms with Gasteiger partial charge in [-0.05, 0) is 55.2 Å². The third-order valence-electron chi connectivity index (χ3n) is 6.22. The maximum atomic E-state index is 15.0. The average molecular weight is 478 g/mol. The number of carbonyl (C=O) groups is 3. The third-order valence-corrected chi connectivity index (χ3v) is 6.22. The zero-order chi connectivity index (χ0) is 24.8. The molecule has 2 aromatic carbocycles. The topological polar surface area (TPSA) is 91.7 Å². The standard InChI is InChI=1S/C27H28FN3O4/c1-18-9-2-5-12-20(18)25(27(34)30-19-10-3-4-11-19)31(22-14-7-6-13-21(22)28)24(32)17-29-26(33)23-15-8-16-35-23/h2,5-9,12-16,19,25H,3-4,10-11,17H2,1H3,(H,29,33)(H,30,34)/t25-/m0/s1. The minimum absolute atomic E-state index is 0.00486. The number of benzene rings is 2. The number of nitrogens with one attached hydrogen (secondary N) is 2.